The van der Waals surface area contributed by atoms with Gasteiger partial charge < -0.3 is 19.8 Å². The third-order valence-corrected chi connectivity index (χ3v) is 7.02. The Hall–Kier alpha value is -2.31. The second kappa shape index (κ2) is 14.7. The Morgan fingerprint density at radius 3 is 0.968 bits per heavy atom. The number of carbonyl (C=O) groups excluding carboxylic acids is 2. The van der Waals surface area contributed by atoms with Gasteiger partial charge >= 0.3 is 20.4 Å². The molecule has 0 saturated heterocycles. The van der Waals surface area contributed by atoms with Crippen LogP contribution >= 0.6 is 7.92 Å². The number of carboxylic acids is 2. The Balaban J connectivity index is 0.000000867. The second-order valence-electron chi connectivity index (χ2n) is 6.68. The van der Waals surface area contributed by atoms with Crippen molar-refractivity contribution < 1.29 is 40.2 Å². The van der Waals surface area contributed by atoms with Gasteiger partial charge in [0.15, 0.2) is 0 Å². The Morgan fingerprint density at radius 2 is 0.774 bits per heavy atom. The van der Waals surface area contributed by atoms with Crippen LogP contribution in [0.2, 0.25) is 0 Å². The molecule has 0 fully saturated rings. The molecule has 0 unspecified atom stereocenters. The second-order valence-corrected chi connectivity index (χ2v) is 8.79. The molecular weight excluding hydrogens is 502 g/mol. The molecule has 0 atom stereocenters. The van der Waals surface area contributed by atoms with Crippen LogP contribution in [0.1, 0.15) is 30.5 Å². The van der Waals surface area contributed by atoms with Crippen LogP contribution in [0.4, 0.5) is 0 Å². The molecule has 0 radical (unpaired) electrons. The number of rotatable bonds is 3. The molecule has 0 aromatic heterocycles. The van der Waals surface area contributed by atoms with Crippen molar-refractivity contribution in [2.45, 2.75) is 34.6 Å². The van der Waals surface area contributed by atoms with Gasteiger partial charge in [-0.25, -0.2) is 0 Å². The zero-order chi connectivity index (χ0) is 22.7. The van der Waals surface area contributed by atoms with Gasteiger partial charge in [-0.1, -0.05) is 72.8 Å². The fourth-order valence-corrected chi connectivity index (χ4v) is 5.60. The molecule has 166 valence electrons. The number of carboxylic acid groups (broad SMARTS) is 2. The van der Waals surface area contributed by atoms with Gasteiger partial charge in [-0.2, -0.15) is 0 Å². The van der Waals surface area contributed by atoms with E-state index in [0.29, 0.717) is 0 Å². The van der Waals surface area contributed by atoms with Gasteiger partial charge in [-0.05, 0) is 75.1 Å². The number of carbonyl (C=O) groups is 2. The van der Waals surface area contributed by atoms with Gasteiger partial charge in [-0.3, -0.25) is 0 Å². The van der Waals surface area contributed by atoms with Crippen LogP contribution in [0.3, 0.4) is 0 Å². The molecule has 3 aromatic rings. The Kier molecular flexibility index (Phi) is 13.6. The molecule has 0 N–H and O–H groups in total. The molecule has 0 aliphatic carbocycles. The van der Waals surface area contributed by atoms with E-state index in [4.69, 9.17) is 19.8 Å². The minimum Gasteiger partial charge on any atom is -0.550 e. The molecular formula is C25H27O4PPd. The number of aryl methyl sites for hydroxylation is 3. The average Bonchev–Trinajstić information content (AvgIpc) is 2.65. The van der Waals surface area contributed by atoms with Gasteiger partial charge in [0.25, 0.3) is 0 Å². The molecule has 0 spiro atoms. The molecule has 6 heteroatoms. The molecule has 3 rings (SSSR count). The minimum absolute atomic E-state index is 0. The van der Waals surface area contributed by atoms with Gasteiger partial charge in [0.2, 0.25) is 0 Å². The van der Waals surface area contributed by atoms with E-state index >= 15 is 0 Å². The first-order valence-corrected chi connectivity index (χ1v) is 10.8. The smallest absolute Gasteiger partial charge is 0.550 e. The summed E-state index contributed by atoms with van der Waals surface area (Å²) in [5.41, 5.74) is 4.13. The molecule has 0 saturated carbocycles. The van der Waals surface area contributed by atoms with Crippen molar-refractivity contribution >= 4 is 35.8 Å². The van der Waals surface area contributed by atoms with Crippen molar-refractivity contribution in [2.24, 2.45) is 0 Å². The average molecular weight is 529 g/mol. The number of aliphatic carboxylic acids is 2. The maximum absolute atomic E-state index is 8.89. The molecule has 0 aliphatic heterocycles. The van der Waals surface area contributed by atoms with E-state index < -0.39 is 19.9 Å². The first kappa shape index (κ1) is 28.7. The third-order valence-electron chi connectivity index (χ3n) is 4.07. The van der Waals surface area contributed by atoms with E-state index in [2.05, 4.69) is 93.6 Å². The zero-order valence-corrected chi connectivity index (χ0v) is 20.8. The summed E-state index contributed by atoms with van der Waals surface area (Å²) in [5, 5.41) is 22.2. The Labute approximate surface area is 199 Å². The fraction of sp³-hybridized carbons (Fsp3) is 0.200. The molecule has 3 aromatic carbocycles. The summed E-state index contributed by atoms with van der Waals surface area (Å²) < 4.78 is 0. The maximum atomic E-state index is 8.89. The van der Waals surface area contributed by atoms with Gasteiger partial charge in [0.1, 0.15) is 0 Å². The monoisotopic (exact) mass is 528 g/mol. The molecule has 31 heavy (non-hydrogen) atoms. The van der Waals surface area contributed by atoms with Crippen molar-refractivity contribution in [3.63, 3.8) is 0 Å². The molecule has 0 bridgehead atoms. The summed E-state index contributed by atoms with van der Waals surface area (Å²) in [6, 6.07) is 26.4. The van der Waals surface area contributed by atoms with Crippen molar-refractivity contribution in [1.29, 1.82) is 0 Å². The maximum Gasteiger partial charge on any atom is 2.00 e. The number of benzene rings is 3. The topological polar surface area (TPSA) is 80.3 Å². The van der Waals surface area contributed by atoms with Crippen LogP contribution in [-0.2, 0) is 30.0 Å². The predicted octanol–water partition coefficient (Wildman–Crippen LogP) is 1.88. The van der Waals surface area contributed by atoms with E-state index in [1.165, 1.54) is 32.6 Å². The first-order chi connectivity index (χ1) is 14.1. The Morgan fingerprint density at radius 1 is 0.581 bits per heavy atom. The van der Waals surface area contributed by atoms with Gasteiger partial charge in [0, 0.05) is 11.9 Å². The van der Waals surface area contributed by atoms with Crippen LogP contribution in [0.15, 0.2) is 72.8 Å². The van der Waals surface area contributed by atoms with Crippen LogP contribution < -0.4 is 26.1 Å². The van der Waals surface area contributed by atoms with Gasteiger partial charge in [-0.15, -0.1) is 0 Å². The summed E-state index contributed by atoms with van der Waals surface area (Å²) in [4.78, 5) is 17.8. The number of hydrogen-bond donors (Lipinski definition) is 0. The van der Waals surface area contributed by atoms with Crippen molar-refractivity contribution in [1.82, 2.24) is 0 Å². The summed E-state index contributed by atoms with van der Waals surface area (Å²) >= 11 is 0. The van der Waals surface area contributed by atoms with Crippen molar-refractivity contribution in [3.8, 4) is 0 Å². The Bertz CT molecular complexity index is 860. The largest absolute Gasteiger partial charge is 2.00 e. The van der Waals surface area contributed by atoms with Crippen LogP contribution in [0.25, 0.3) is 0 Å². The zero-order valence-electron chi connectivity index (χ0n) is 18.3. The van der Waals surface area contributed by atoms with Gasteiger partial charge in [0.05, 0.1) is 0 Å². The summed E-state index contributed by atoms with van der Waals surface area (Å²) in [7, 11) is -0.508. The van der Waals surface area contributed by atoms with E-state index in [1.807, 2.05) is 0 Å². The van der Waals surface area contributed by atoms with E-state index in [-0.39, 0.29) is 20.4 Å². The normalized spacial score (nSPS) is 9.35. The third kappa shape index (κ3) is 10.0. The predicted molar refractivity (Wildman–Crippen MR) is 121 cm³/mol. The molecule has 0 aliphatic rings. The first-order valence-electron chi connectivity index (χ1n) is 9.47. The van der Waals surface area contributed by atoms with E-state index in [1.54, 1.807) is 0 Å². The standard InChI is InChI=1S/C21H21P.2C2H4O2.Pd/c1-16-10-4-7-13-19(16)22(20-14-8-5-11-17(20)2)21-15-9-6-12-18(21)3;2*1-2(3)4;/h4-15H,1-3H3;2*1H3,(H,3,4);/q;;;+2/p-2. The quantitative estimate of drug-likeness (QED) is 0.384. The minimum atomic E-state index is -1.08. The molecule has 0 heterocycles. The summed E-state index contributed by atoms with van der Waals surface area (Å²) in [6.07, 6.45) is 0. The summed E-state index contributed by atoms with van der Waals surface area (Å²) in [6.45, 7) is 8.61. The fourth-order valence-electron chi connectivity index (χ4n) is 2.83. The van der Waals surface area contributed by atoms with Crippen molar-refractivity contribution in [3.05, 3.63) is 89.5 Å². The van der Waals surface area contributed by atoms with Crippen LogP contribution in [0, 0.1) is 20.8 Å². The molecule has 0 amide bonds. The summed E-state index contributed by atoms with van der Waals surface area (Å²) in [5.74, 6) is -2.17. The van der Waals surface area contributed by atoms with E-state index in [9.17, 15) is 0 Å². The van der Waals surface area contributed by atoms with Crippen molar-refractivity contribution in [2.75, 3.05) is 0 Å². The SMILES string of the molecule is CC(=O)[O-].CC(=O)[O-].Cc1ccccc1P(c1ccccc1C)c1ccccc1C.[Pd+2]. The van der Waals surface area contributed by atoms with Crippen LogP contribution in [-0.4, -0.2) is 11.9 Å². The number of hydrogen-bond acceptors (Lipinski definition) is 4. The molecule has 4 nitrogen and oxygen atoms in total. The van der Waals surface area contributed by atoms with E-state index in [0.717, 1.165) is 13.8 Å². The van der Waals surface area contributed by atoms with Crippen LogP contribution in [0.5, 0.6) is 0 Å².